The molecule has 7 nitrogen and oxygen atoms in total. The van der Waals surface area contributed by atoms with Crippen LogP contribution in [0.4, 0.5) is 0 Å². The Labute approximate surface area is 155 Å². The van der Waals surface area contributed by atoms with Crippen molar-refractivity contribution in [3.05, 3.63) is 48.1 Å². The van der Waals surface area contributed by atoms with Gasteiger partial charge in [0.25, 0.3) is 11.8 Å². The first-order valence-corrected chi connectivity index (χ1v) is 7.98. The van der Waals surface area contributed by atoms with E-state index >= 15 is 0 Å². The summed E-state index contributed by atoms with van der Waals surface area (Å²) in [5, 5.41) is 23.0. The summed E-state index contributed by atoms with van der Waals surface area (Å²) in [6.07, 6.45) is 4.38. The lowest BCUT2D eigenvalue weighted by molar-refractivity contribution is -0.128. The molecule has 0 spiro atoms. The molecule has 2 amide bonds. The van der Waals surface area contributed by atoms with E-state index in [0.29, 0.717) is 0 Å². The molecule has 0 radical (unpaired) electrons. The van der Waals surface area contributed by atoms with E-state index in [-0.39, 0.29) is 52.0 Å². The van der Waals surface area contributed by atoms with Crippen LogP contribution in [0.25, 0.3) is 6.08 Å². The monoisotopic (exact) mass is 374 g/mol. The van der Waals surface area contributed by atoms with E-state index in [9.17, 15) is 19.8 Å². The summed E-state index contributed by atoms with van der Waals surface area (Å²) in [6.45, 7) is 7.28. The molecule has 1 saturated heterocycles. The molecule has 0 aromatic heterocycles. The number of nitrogens with zero attached hydrogens (tertiary/aromatic N) is 1. The molecule has 1 aliphatic rings. The van der Waals surface area contributed by atoms with Crippen LogP contribution >= 0.6 is 12.2 Å². The highest BCUT2D eigenvalue weighted by Gasteiger charge is 2.33. The van der Waals surface area contributed by atoms with Crippen LogP contribution in [0.2, 0.25) is 0 Å². The number of amides is 2. The Bertz CT molecular complexity index is 844. The number of thiocarbonyl (C=S) groups is 1. The molecule has 1 fully saturated rings. The topological polar surface area (TPSA) is 99.1 Å². The highest BCUT2D eigenvalue weighted by Crippen LogP contribution is 2.40. The highest BCUT2D eigenvalue weighted by atomic mass is 32.1. The predicted molar refractivity (Wildman–Crippen MR) is 101 cm³/mol. The lowest BCUT2D eigenvalue weighted by Gasteiger charge is -2.28. The molecule has 136 valence electrons. The van der Waals surface area contributed by atoms with Gasteiger partial charge >= 0.3 is 0 Å². The molecular weight excluding hydrogens is 356 g/mol. The maximum absolute atomic E-state index is 12.6. The number of hydrogen-bond donors (Lipinski definition) is 3. The van der Waals surface area contributed by atoms with Crippen LogP contribution in [0.3, 0.4) is 0 Å². The lowest BCUT2D eigenvalue weighted by Crippen LogP contribution is -2.53. The number of allylic oxidation sites excluding steroid dienone is 1. The van der Waals surface area contributed by atoms with Gasteiger partial charge in [0.2, 0.25) is 0 Å². The van der Waals surface area contributed by atoms with Crippen molar-refractivity contribution in [1.29, 1.82) is 0 Å². The summed E-state index contributed by atoms with van der Waals surface area (Å²) in [7, 11) is 1.34. The standard InChI is InChI=1S/C18H18N2O5S/c1-4-6-10-11(13(21)9-14(25-3)15(10)22)8-12-16(23)19-18(26)20(7-5-2)17(12)24/h4-5,8-9,21-22H,1-2,6-7H2,3H3,(H,19,23,26)/b12-8+. The minimum Gasteiger partial charge on any atom is -0.507 e. The van der Waals surface area contributed by atoms with Crippen molar-refractivity contribution in [2.24, 2.45) is 0 Å². The maximum atomic E-state index is 12.6. The molecule has 0 unspecified atom stereocenters. The second kappa shape index (κ2) is 7.83. The molecule has 1 aliphatic heterocycles. The summed E-state index contributed by atoms with van der Waals surface area (Å²) < 4.78 is 5.02. The molecule has 2 rings (SSSR count). The van der Waals surface area contributed by atoms with Gasteiger partial charge in [-0.1, -0.05) is 12.2 Å². The Hall–Kier alpha value is -3.13. The Morgan fingerprint density at radius 3 is 2.58 bits per heavy atom. The molecule has 1 aromatic rings. The number of ether oxygens (including phenoxy) is 1. The van der Waals surface area contributed by atoms with Gasteiger partial charge in [-0.05, 0) is 24.7 Å². The lowest BCUT2D eigenvalue weighted by atomic mass is 9.98. The summed E-state index contributed by atoms with van der Waals surface area (Å²) in [4.78, 5) is 26.0. The van der Waals surface area contributed by atoms with Crippen LogP contribution in [-0.4, -0.2) is 45.7 Å². The van der Waals surface area contributed by atoms with Crippen molar-refractivity contribution < 1.29 is 24.5 Å². The number of carbonyl (C=O) groups excluding carboxylic acids is 2. The summed E-state index contributed by atoms with van der Waals surface area (Å²) >= 11 is 4.99. The smallest absolute Gasteiger partial charge is 0.265 e. The average Bonchev–Trinajstić information content (AvgIpc) is 2.60. The summed E-state index contributed by atoms with van der Waals surface area (Å²) in [6, 6.07) is 1.20. The Balaban J connectivity index is 2.63. The van der Waals surface area contributed by atoms with Gasteiger partial charge in [0, 0.05) is 23.7 Å². The van der Waals surface area contributed by atoms with Crippen molar-refractivity contribution in [1.82, 2.24) is 10.2 Å². The minimum absolute atomic E-state index is 0.0230. The third kappa shape index (κ3) is 3.45. The number of methoxy groups -OCH3 is 1. The number of hydrogen-bond acceptors (Lipinski definition) is 6. The molecule has 3 N–H and O–H groups in total. The van der Waals surface area contributed by atoms with Gasteiger partial charge in [-0.25, -0.2) is 0 Å². The van der Waals surface area contributed by atoms with E-state index in [0.717, 1.165) is 0 Å². The van der Waals surface area contributed by atoms with Crippen LogP contribution < -0.4 is 10.1 Å². The first-order chi connectivity index (χ1) is 12.3. The van der Waals surface area contributed by atoms with Crippen LogP contribution in [0.1, 0.15) is 11.1 Å². The van der Waals surface area contributed by atoms with Gasteiger partial charge in [0.1, 0.15) is 11.3 Å². The zero-order chi connectivity index (χ0) is 19.4. The first-order valence-electron chi connectivity index (χ1n) is 7.58. The summed E-state index contributed by atoms with van der Waals surface area (Å²) in [5.41, 5.74) is 0.159. The number of carbonyl (C=O) groups is 2. The predicted octanol–water partition coefficient (Wildman–Crippen LogP) is 1.65. The van der Waals surface area contributed by atoms with E-state index < -0.39 is 11.8 Å². The SMILES string of the molecule is C=CCc1c(O)c(OC)cc(O)c1/C=C1\C(=O)NC(=S)N(CC=C)C1=O. The van der Waals surface area contributed by atoms with Gasteiger partial charge in [0.15, 0.2) is 16.6 Å². The van der Waals surface area contributed by atoms with Crippen LogP contribution in [-0.2, 0) is 16.0 Å². The third-order valence-electron chi connectivity index (χ3n) is 3.74. The molecule has 0 saturated carbocycles. The normalized spacial score (nSPS) is 15.8. The van der Waals surface area contributed by atoms with Crippen LogP contribution in [0.5, 0.6) is 17.2 Å². The number of rotatable bonds is 6. The largest absolute Gasteiger partial charge is 0.507 e. The molecule has 0 bridgehead atoms. The zero-order valence-electron chi connectivity index (χ0n) is 14.1. The Morgan fingerprint density at radius 1 is 1.31 bits per heavy atom. The van der Waals surface area contributed by atoms with Crippen LogP contribution in [0, 0.1) is 0 Å². The third-order valence-corrected chi connectivity index (χ3v) is 4.07. The molecule has 0 atom stereocenters. The van der Waals surface area contributed by atoms with Crippen LogP contribution in [0.15, 0.2) is 36.9 Å². The van der Waals surface area contributed by atoms with Crippen molar-refractivity contribution in [3.8, 4) is 17.2 Å². The Kier molecular flexibility index (Phi) is 5.78. The fourth-order valence-corrected chi connectivity index (χ4v) is 2.75. The minimum atomic E-state index is -0.695. The fourth-order valence-electron chi connectivity index (χ4n) is 2.50. The molecule has 8 heteroatoms. The summed E-state index contributed by atoms with van der Waals surface area (Å²) in [5.74, 6) is -1.72. The van der Waals surface area contributed by atoms with Gasteiger partial charge in [0.05, 0.1) is 7.11 Å². The van der Waals surface area contributed by atoms with Crippen molar-refractivity contribution in [3.63, 3.8) is 0 Å². The van der Waals surface area contributed by atoms with Crippen molar-refractivity contribution >= 4 is 35.2 Å². The molecular formula is C18H18N2O5S. The second-order valence-corrected chi connectivity index (χ2v) is 5.74. The van der Waals surface area contributed by atoms with Gasteiger partial charge in [-0.15, -0.1) is 13.2 Å². The second-order valence-electron chi connectivity index (χ2n) is 5.35. The van der Waals surface area contributed by atoms with E-state index in [1.807, 2.05) is 0 Å². The van der Waals surface area contributed by atoms with Crippen molar-refractivity contribution in [2.45, 2.75) is 6.42 Å². The van der Waals surface area contributed by atoms with Gasteiger partial charge < -0.3 is 14.9 Å². The number of benzene rings is 1. The number of nitrogens with one attached hydrogen (secondary N) is 1. The molecule has 0 aliphatic carbocycles. The molecule has 26 heavy (non-hydrogen) atoms. The first kappa shape index (κ1) is 19.2. The van der Waals surface area contributed by atoms with Gasteiger partial charge in [-0.2, -0.15) is 0 Å². The van der Waals surface area contributed by atoms with Crippen molar-refractivity contribution in [2.75, 3.05) is 13.7 Å². The fraction of sp³-hybridized carbons (Fsp3) is 0.167. The molecule has 1 aromatic carbocycles. The van der Waals surface area contributed by atoms with E-state index in [1.54, 1.807) is 0 Å². The zero-order valence-corrected chi connectivity index (χ0v) is 14.9. The average molecular weight is 374 g/mol. The number of phenolic OH excluding ortho intramolecular Hbond substituents is 2. The molecule has 1 heterocycles. The number of aromatic hydroxyl groups is 2. The van der Waals surface area contributed by atoms with Gasteiger partial charge in [-0.3, -0.25) is 19.8 Å². The quantitative estimate of drug-likeness (QED) is 0.230. The maximum Gasteiger partial charge on any atom is 0.265 e. The van der Waals surface area contributed by atoms with E-state index in [1.165, 1.54) is 36.3 Å². The van der Waals surface area contributed by atoms with E-state index in [2.05, 4.69) is 18.5 Å². The number of phenols is 2. The van der Waals surface area contributed by atoms with E-state index in [4.69, 9.17) is 17.0 Å². The Morgan fingerprint density at radius 2 is 2.00 bits per heavy atom. The highest BCUT2D eigenvalue weighted by molar-refractivity contribution is 7.80.